The lowest BCUT2D eigenvalue weighted by Gasteiger charge is -2.25. The molecule has 0 fully saturated rings. The maximum atomic E-state index is 12.0. The Morgan fingerprint density at radius 1 is 1.35 bits per heavy atom. The number of rotatable bonds is 6. The molecule has 0 saturated heterocycles. The third kappa shape index (κ3) is 4.67. The fraction of sp³-hybridized carbons (Fsp3) is 0.385. The van der Waals surface area contributed by atoms with Gasteiger partial charge in [0.2, 0.25) is 0 Å². The lowest BCUT2D eigenvalue weighted by atomic mass is 9.87. The van der Waals surface area contributed by atoms with E-state index in [2.05, 4.69) is 5.32 Å². The fourth-order valence-electron chi connectivity index (χ4n) is 1.60. The Morgan fingerprint density at radius 3 is 2.50 bits per heavy atom. The number of amides is 1. The zero-order valence-electron chi connectivity index (χ0n) is 10.8. The molecule has 0 bridgehead atoms. The van der Waals surface area contributed by atoms with Crippen molar-refractivity contribution in [3.8, 4) is 0 Å². The monoisotopic (exact) mass is 319 g/mol. The van der Waals surface area contributed by atoms with Gasteiger partial charge in [0.15, 0.2) is 0 Å². The number of halogens is 2. The molecular formula is C13H15Cl2NO4. The lowest BCUT2D eigenvalue weighted by molar-refractivity contribution is -0.140. The summed E-state index contributed by atoms with van der Waals surface area (Å²) in [4.78, 5) is 22.7. The molecule has 1 aromatic carbocycles. The van der Waals surface area contributed by atoms with Crippen LogP contribution in [0.1, 0.15) is 23.7 Å². The second-order valence-corrected chi connectivity index (χ2v) is 5.69. The van der Waals surface area contributed by atoms with Crippen molar-refractivity contribution in [2.75, 3.05) is 13.2 Å². The molecule has 0 aromatic heterocycles. The van der Waals surface area contributed by atoms with E-state index in [4.69, 9.17) is 28.3 Å². The molecule has 0 heterocycles. The minimum Gasteiger partial charge on any atom is -0.481 e. The fourth-order valence-corrected chi connectivity index (χ4v) is 2.10. The molecule has 1 rings (SSSR count). The minimum atomic E-state index is -1.04. The van der Waals surface area contributed by atoms with E-state index >= 15 is 0 Å². The van der Waals surface area contributed by atoms with E-state index in [9.17, 15) is 14.7 Å². The molecule has 0 aliphatic carbocycles. The number of aliphatic hydroxyl groups excluding tert-OH is 1. The van der Waals surface area contributed by atoms with E-state index in [1.807, 2.05) is 0 Å². The number of hydrogen-bond acceptors (Lipinski definition) is 3. The van der Waals surface area contributed by atoms with E-state index in [0.29, 0.717) is 5.02 Å². The van der Waals surface area contributed by atoms with Gasteiger partial charge < -0.3 is 15.5 Å². The number of carboxylic acids is 1. The molecule has 1 unspecified atom stereocenters. The molecule has 0 radical (unpaired) electrons. The predicted molar refractivity (Wildman–Crippen MR) is 76.2 cm³/mol. The largest absolute Gasteiger partial charge is 0.481 e. The summed E-state index contributed by atoms with van der Waals surface area (Å²) in [6, 6.07) is 4.46. The van der Waals surface area contributed by atoms with E-state index in [-0.39, 0.29) is 30.2 Å². The Bertz CT molecular complexity index is 521. The number of carboxylic acid groups (broad SMARTS) is 1. The van der Waals surface area contributed by atoms with Crippen molar-refractivity contribution >= 4 is 35.1 Å². The van der Waals surface area contributed by atoms with Crippen molar-refractivity contribution in [3.05, 3.63) is 33.8 Å². The summed E-state index contributed by atoms with van der Waals surface area (Å²) in [5.41, 5.74) is -0.688. The Balaban J connectivity index is 2.73. The molecule has 5 nitrogen and oxygen atoms in total. The van der Waals surface area contributed by atoms with Crippen LogP contribution in [0.3, 0.4) is 0 Å². The average Bonchev–Trinajstić information content (AvgIpc) is 2.35. The first-order valence-corrected chi connectivity index (χ1v) is 6.59. The molecule has 1 atom stereocenters. The van der Waals surface area contributed by atoms with Gasteiger partial charge >= 0.3 is 5.97 Å². The van der Waals surface area contributed by atoms with Gasteiger partial charge in [-0.2, -0.15) is 0 Å². The first-order chi connectivity index (χ1) is 9.27. The highest BCUT2D eigenvalue weighted by Gasteiger charge is 2.27. The topological polar surface area (TPSA) is 86.6 Å². The highest BCUT2D eigenvalue weighted by Crippen LogP contribution is 2.22. The van der Waals surface area contributed by atoms with Gasteiger partial charge in [0.1, 0.15) is 0 Å². The van der Waals surface area contributed by atoms with E-state index in [0.717, 1.165) is 0 Å². The number of benzene rings is 1. The predicted octanol–water partition coefficient (Wildman–Crippen LogP) is 2.20. The Kier molecular flexibility index (Phi) is 5.80. The number of carbonyl (C=O) groups is 2. The summed E-state index contributed by atoms with van der Waals surface area (Å²) in [6.07, 6.45) is -0.252. The molecule has 20 heavy (non-hydrogen) atoms. The second kappa shape index (κ2) is 6.92. The molecule has 7 heteroatoms. The maximum absolute atomic E-state index is 12.0. The number of hydrogen-bond donors (Lipinski definition) is 3. The van der Waals surface area contributed by atoms with Crippen LogP contribution in [0, 0.1) is 5.41 Å². The van der Waals surface area contributed by atoms with Gasteiger partial charge in [0.05, 0.1) is 23.6 Å². The normalized spacial score (nSPS) is 13.6. The van der Waals surface area contributed by atoms with Crippen molar-refractivity contribution in [2.24, 2.45) is 5.41 Å². The number of carbonyl (C=O) groups excluding carboxylic acids is 1. The van der Waals surface area contributed by atoms with Crippen LogP contribution in [-0.4, -0.2) is 35.2 Å². The van der Waals surface area contributed by atoms with Crippen molar-refractivity contribution in [2.45, 2.75) is 13.3 Å². The highest BCUT2D eigenvalue weighted by molar-refractivity contribution is 6.36. The van der Waals surface area contributed by atoms with E-state index in [1.54, 1.807) is 6.92 Å². The van der Waals surface area contributed by atoms with Crippen LogP contribution in [0.25, 0.3) is 0 Å². The third-order valence-corrected chi connectivity index (χ3v) is 3.36. The molecular weight excluding hydrogens is 305 g/mol. The average molecular weight is 320 g/mol. The zero-order chi connectivity index (χ0) is 15.3. The number of aliphatic carboxylic acids is 1. The molecule has 3 N–H and O–H groups in total. The molecule has 1 aromatic rings. The number of aliphatic hydroxyl groups is 1. The van der Waals surface area contributed by atoms with Crippen molar-refractivity contribution in [3.63, 3.8) is 0 Å². The van der Waals surface area contributed by atoms with Gasteiger partial charge in [-0.05, 0) is 18.2 Å². The van der Waals surface area contributed by atoms with Crippen molar-refractivity contribution in [1.82, 2.24) is 5.32 Å². The van der Waals surface area contributed by atoms with Crippen LogP contribution >= 0.6 is 23.2 Å². The van der Waals surface area contributed by atoms with Gasteiger partial charge in [-0.3, -0.25) is 9.59 Å². The molecule has 110 valence electrons. The maximum Gasteiger partial charge on any atom is 0.304 e. The third-order valence-electron chi connectivity index (χ3n) is 2.81. The van der Waals surface area contributed by atoms with Gasteiger partial charge in [0.25, 0.3) is 5.91 Å². The van der Waals surface area contributed by atoms with Crippen LogP contribution in [-0.2, 0) is 4.79 Å². The van der Waals surface area contributed by atoms with Crippen LogP contribution < -0.4 is 5.32 Å². The zero-order valence-corrected chi connectivity index (χ0v) is 12.3. The summed E-state index contributed by atoms with van der Waals surface area (Å²) in [5, 5.41) is 21.2. The molecule has 0 aliphatic rings. The van der Waals surface area contributed by atoms with Gasteiger partial charge in [-0.1, -0.05) is 30.1 Å². The summed E-state index contributed by atoms with van der Waals surface area (Å²) < 4.78 is 0. The molecule has 0 spiro atoms. The summed E-state index contributed by atoms with van der Waals surface area (Å²) in [5.74, 6) is -1.49. The van der Waals surface area contributed by atoms with Crippen LogP contribution in [0.15, 0.2) is 18.2 Å². The van der Waals surface area contributed by atoms with Crippen LogP contribution in [0.5, 0.6) is 0 Å². The summed E-state index contributed by atoms with van der Waals surface area (Å²) in [6.45, 7) is 1.24. The number of nitrogens with one attached hydrogen (secondary N) is 1. The van der Waals surface area contributed by atoms with Gasteiger partial charge in [-0.15, -0.1) is 0 Å². The van der Waals surface area contributed by atoms with Crippen LogP contribution in [0.4, 0.5) is 0 Å². The Morgan fingerprint density at radius 2 is 2.00 bits per heavy atom. The summed E-state index contributed by atoms with van der Waals surface area (Å²) >= 11 is 11.6. The molecule has 0 aliphatic heterocycles. The molecule has 1 amide bonds. The summed E-state index contributed by atoms with van der Waals surface area (Å²) in [7, 11) is 0. The van der Waals surface area contributed by atoms with E-state index in [1.165, 1.54) is 18.2 Å². The SMILES string of the molecule is CC(CO)(CNC(=O)c1ccc(Cl)cc1Cl)CC(=O)O. The smallest absolute Gasteiger partial charge is 0.304 e. The van der Waals surface area contributed by atoms with Gasteiger partial charge in [0, 0.05) is 17.0 Å². The first-order valence-electron chi connectivity index (χ1n) is 5.83. The van der Waals surface area contributed by atoms with Crippen molar-refractivity contribution < 1.29 is 19.8 Å². The first kappa shape index (κ1) is 16.8. The lowest BCUT2D eigenvalue weighted by Crippen LogP contribution is -2.39. The highest BCUT2D eigenvalue weighted by atomic mass is 35.5. The Hall–Kier alpha value is -1.30. The van der Waals surface area contributed by atoms with Crippen molar-refractivity contribution in [1.29, 1.82) is 0 Å². The van der Waals surface area contributed by atoms with Gasteiger partial charge in [-0.25, -0.2) is 0 Å². The molecule has 0 saturated carbocycles. The standard InChI is InChI=1S/C13H15Cl2NO4/c1-13(7-17,5-11(18)19)6-16-12(20)9-3-2-8(14)4-10(9)15/h2-4,17H,5-7H2,1H3,(H,16,20)(H,18,19). The minimum absolute atomic E-state index is 0.0214. The quantitative estimate of drug-likeness (QED) is 0.750. The second-order valence-electron chi connectivity index (χ2n) is 4.85. The van der Waals surface area contributed by atoms with Crippen LogP contribution in [0.2, 0.25) is 10.0 Å². The van der Waals surface area contributed by atoms with E-state index < -0.39 is 17.3 Å². The Labute approximate surface area is 126 Å².